The van der Waals surface area contributed by atoms with Gasteiger partial charge < -0.3 is 15.0 Å². The van der Waals surface area contributed by atoms with Gasteiger partial charge in [-0.1, -0.05) is 29.8 Å². The van der Waals surface area contributed by atoms with Crippen LogP contribution in [0.3, 0.4) is 0 Å². The van der Waals surface area contributed by atoms with Crippen LogP contribution in [0.5, 0.6) is 5.75 Å². The fourth-order valence-corrected chi connectivity index (χ4v) is 4.91. The zero-order valence-electron chi connectivity index (χ0n) is 18.0. The molecule has 2 unspecified atom stereocenters. The average molecular weight is 433 g/mol. The smallest absolute Gasteiger partial charge is 0.294 e. The van der Waals surface area contributed by atoms with Crippen LogP contribution in [0, 0.1) is 6.92 Å². The van der Waals surface area contributed by atoms with Crippen LogP contribution in [0.1, 0.15) is 35.4 Å². The third-order valence-corrected chi connectivity index (χ3v) is 6.92. The van der Waals surface area contributed by atoms with Crippen molar-refractivity contribution in [2.45, 2.75) is 43.0 Å². The maximum Gasteiger partial charge on any atom is 0.294 e. The number of nitrogens with zero attached hydrogens (tertiary/aromatic N) is 1. The number of piperazine rings is 1. The second-order valence-electron chi connectivity index (χ2n) is 8.07. The molecule has 164 valence electrons. The molecule has 1 heterocycles. The fraction of sp³-hybridized carbons (Fsp3) is 0.478. The Hall–Kier alpha value is -1.93. The SMILES string of the molecule is COc1cccc2c1C(C1CNCCN1C)CCC2.Cc1ccc(S(=O)(=O)O)cc1. The van der Waals surface area contributed by atoms with Crippen molar-refractivity contribution >= 4 is 10.1 Å². The maximum atomic E-state index is 10.5. The van der Waals surface area contributed by atoms with E-state index in [4.69, 9.17) is 9.29 Å². The number of aryl methyl sites for hydroxylation is 2. The van der Waals surface area contributed by atoms with Crippen molar-refractivity contribution in [3.63, 3.8) is 0 Å². The molecule has 2 N–H and O–H groups in total. The molecule has 0 radical (unpaired) electrons. The summed E-state index contributed by atoms with van der Waals surface area (Å²) < 4.78 is 35.2. The first-order valence-electron chi connectivity index (χ1n) is 10.4. The number of ether oxygens (including phenoxy) is 1. The van der Waals surface area contributed by atoms with Crippen LogP contribution >= 0.6 is 0 Å². The highest BCUT2D eigenvalue weighted by Crippen LogP contribution is 2.41. The number of hydrogen-bond donors (Lipinski definition) is 2. The first-order chi connectivity index (χ1) is 14.3. The van der Waals surface area contributed by atoms with E-state index in [0.29, 0.717) is 12.0 Å². The summed E-state index contributed by atoms with van der Waals surface area (Å²) in [6.07, 6.45) is 3.78. The zero-order valence-corrected chi connectivity index (χ0v) is 18.8. The Bertz CT molecular complexity index is 930. The third kappa shape index (κ3) is 5.40. The summed E-state index contributed by atoms with van der Waals surface area (Å²) in [5.74, 6) is 1.69. The van der Waals surface area contributed by atoms with Gasteiger partial charge in [0.15, 0.2) is 0 Å². The Labute approximate surface area is 180 Å². The number of methoxy groups -OCH3 is 1. The topological polar surface area (TPSA) is 78.9 Å². The predicted molar refractivity (Wildman–Crippen MR) is 119 cm³/mol. The Morgan fingerprint density at radius 1 is 1.17 bits per heavy atom. The van der Waals surface area contributed by atoms with Gasteiger partial charge in [0.05, 0.1) is 12.0 Å². The van der Waals surface area contributed by atoms with E-state index in [2.05, 4.69) is 35.5 Å². The number of benzene rings is 2. The summed E-state index contributed by atoms with van der Waals surface area (Å²) in [5.41, 5.74) is 3.92. The van der Waals surface area contributed by atoms with Crippen LogP contribution in [0.25, 0.3) is 0 Å². The normalized spacial score (nSPS) is 21.9. The molecule has 0 amide bonds. The van der Waals surface area contributed by atoms with E-state index in [9.17, 15) is 8.42 Å². The molecule has 1 saturated heterocycles. The molecular formula is C23H32N2O4S. The lowest BCUT2D eigenvalue weighted by atomic mass is 9.77. The summed E-state index contributed by atoms with van der Waals surface area (Å²) in [7, 11) is 0.0353. The minimum absolute atomic E-state index is 0.0666. The van der Waals surface area contributed by atoms with Crippen molar-refractivity contribution < 1.29 is 17.7 Å². The van der Waals surface area contributed by atoms with Crippen molar-refractivity contribution in [2.24, 2.45) is 0 Å². The number of rotatable bonds is 3. The van der Waals surface area contributed by atoms with Gasteiger partial charge in [0, 0.05) is 37.2 Å². The second-order valence-corrected chi connectivity index (χ2v) is 9.49. The largest absolute Gasteiger partial charge is 0.496 e. The molecule has 2 atom stereocenters. The molecule has 0 aromatic heterocycles. The monoisotopic (exact) mass is 432 g/mol. The highest BCUT2D eigenvalue weighted by Gasteiger charge is 2.33. The number of nitrogens with one attached hydrogen (secondary N) is 1. The molecule has 0 saturated carbocycles. The molecule has 1 aliphatic heterocycles. The van der Waals surface area contributed by atoms with Crippen molar-refractivity contribution in [3.05, 3.63) is 59.2 Å². The second kappa shape index (κ2) is 9.92. The van der Waals surface area contributed by atoms with Gasteiger partial charge in [-0.25, -0.2) is 0 Å². The first kappa shape index (κ1) is 22.7. The summed E-state index contributed by atoms with van der Waals surface area (Å²) in [4.78, 5) is 2.45. The molecule has 6 nitrogen and oxygen atoms in total. The Kier molecular flexibility index (Phi) is 7.52. The lowest BCUT2D eigenvalue weighted by Gasteiger charge is -2.41. The van der Waals surface area contributed by atoms with Crippen LogP contribution in [0.15, 0.2) is 47.4 Å². The van der Waals surface area contributed by atoms with E-state index < -0.39 is 10.1 Å². The molecule has 2 aliphatic rings. The Morgan fingerprint density at radius 3 is 2.53 bits per heavy atom. The van der Waals surface area contributed by atoms with Gasteiger partial charge in [-0.05, 0) is 57.0 Å². The molecular weight excluding hydrogens is 400 g/mol. The van der Waals surface area contributed by atoms with Crippen LogP contribution in [0.2, 0.25) is 0 Å². The molecule has 1 aliphatic carbocycles. The molecule has 0 bridgehead atoms. The van der Waals surface area contributed by atoms with Crippen LogP contribution < -0.4 is 10.1 Å². The summed E-state index contributed by atoms with van der Waals surface area (Å²) in [6.45, 7) is 5.19. The number of likely N-dealkylation sites (N-methyl/N-ethyl adjacent to an activating group) is 1. The number of fused-ring (bicyclic) bond motifs is 1. The third-order valence-electron chi connectivity index (χ3n) is 6.05. The standard InChI is InChI=1S/C16H24N2O.C7H8O3S/c1-18-10-9-17-11-14(18)13-7-3-5-12-6-4-8-15(19-2)16(12)13;1-6-2-4-7(5-3-6)11(8,9)10/h4,6,8,13-14,17H,3,5,7,9-11H2,1-2H3;2-5H,1H3,(H,8,9,10). The lowest BCUT2D eigenvalue weighted by Crippen LogP contribution is -2.52. The van der Waals surface area contributed by atoms with Crippen molar-refractivity contribution in [1.82, 2.24) is 10.2 Å². The van der Waals surface area contributed by atoms with E-state index in [1.54, 1.807) is 19.2 Å². The highest BCUT2D eigenvalue weighted by molar-refractivity contribution is 7.85. The predicted octanol–water partition coefficient (Wildman–Crippen LogP) is 3.26. The average Bonchev–Trinajstić information content (AvgIpc) is 2.73. The quantitative estimate of drug-likeness (QED) is 0.725. The molecule has 30 heavy (non-hydrogen) atoms. The Morgan fingerprint density at radius 2 is 1.90 bits per heavy atom. The van der Waals surface area contributed by atoms with Gasteiger partial charge >= 0.3 is 0 Å². The minimum atomic E-state index is -4.02. The van der Waals surface area contributed by atoms with Crippen LogP contribution in [0.4, 0.5) is 0 Å². The molecule has 4 rings (SSSR count). The molecule has 2 aromatic carbocycles. The van der Waals surface area contributed by atoms with E-state index >= 15 is 0 Å². The van der Waals surface area contributed by atoms with Gasteiger partial charge in [-0.15, -0.1) is 0 Å². The van der Waals surface area contributed by atoms with Crippen molar-refractivity contribution in [1.29, 1.82) is 0 Å². The fourth-order valence-electron chi connectivity index (χ4n) is 4.43. The van der Waals surface area contributed by atoms with Gasteiger partial charge in [-0.3, -0.25) is 4.55 Å². The van der Waals surface area contributed by atoms with Gasteiger partial charge in [-0.2, -0.15) is 8.42 Å². The van der Waals surface area contributed by atoms with E-state index in [-0.39, 0.29) is 4.90 Å². The highest BCUT2D eigenvalue weighted by atomic mass is 32.2. The molecule has 7 heteroatoms. The zero-order chi connectivity index (χ0) is 21.7. The first-order valence-corrected chi connectivity index (χ1v) is 11.9. The van der Waals surface area contributed by atoms with E-state index in [1.165, 1.54) is 42.5 Å². The minimum Gasteiger partial charge on any atom is -0.496 e. The number of hydrogen-bond acceptors (Lipinski definition) is 5. The Balaban J connectivity index is 0.000000199. The van der Waals surface area contributed by atoms with Crippen LogP contribution in [-0.2, 0) is 16.5 Å². The van der Waals surface area contributed by atoms with E-state index in [1.807, 2.05) is 6.92 Å². The summed E-state index contributed by atoms with van der Waals surface area (Å²) >= 11 is 0. The molecule has 2 aromatic rings. The maximum absolute atomic E-state index is 10.5. The van der Waals surface area contributed by atoms with E-state index in [0.717, 1.165) is 30.9 Å². The van der Waals surface area contributed by atoms with Crippen LogP contribution in [-0.4, -0.2) is 57.7 Å². The van der Waals surface area contributed by atoms with Crippen molar-refractivity contribution in [3.8, 4) is 5.75 Å². The van der Waals surface area contributed by atoms with Crippen molar-refractivity contribution in [2.75, 3.05) is 33.8 Å². The lowest BCUT2D eigenvalue weighted by molar-refractivity contribution is 0.162. The summed E-state index contributed by atoms with van der Waals surface area (Å²) in [6, 6.07) is 13.1. The molecule has 0 spiro atoms. The van der Waals surface area contributed by atoms with Gasteiger partial charge in [0.2, 0.25) is 0 Å². The molecule has 1 fully saturated rings. The summed E-state index contributed by atoms with van der Waals surface area (Å²) in [5, 5.41) is 3.55. The van der Waals surface area contributed by atoms with Gasteiger partial charge in [0.1, 0.15) is 5.75 Å². The van der Waals surface area contributed by atoms with Gasteiger partial charge in [0.25, 0.3) is 10.1 Å².